The molecule has 0 saturated carbocycles. The van der Waals surface area contributed by atoms with Crippen LogP contribution in [0.15, 0.2) is 42.0 Å². The number of carbonyl (C=O) groups is 1. The average Bonchev–Trinajstić information content (AvgIpc) is 2.77. The van der Waals surface area contributed by atoms with Crippen molar-refractivity contribution in [3.05, 3.63) is 47.5 Å². The monoisotopic (exact) mass is 414 g/mol. The second kappa shape index (κ2) is 19.4. The lowest BCUT2D eigenvalue weighted by atomic mass is 10.0. The quantitative estimate of drug-likeness (QED) is 0.128. The first kappa shape index (κ1) is 26.5. The number of allylic oxidation sites excluding steroid dienone is 1. The second-order valence-electron chi connectivity index (χ2n) is 8.54. The first-order valence-corrected chi connectivity index (χ1v) is 12.7. The van der Waals surface area contributed by atoms with Crippen LogP contribution in [0, 0.1) is 0 Å². The van der Waals surface area contributed by atoms with Crippen LogP contribution in [0.1, 0.15) is 127 Å². The topological polar surface area (TPSA) is 26.3 Å². The largest absolute Gasteiger partial charge is 0.462 e. The van der Waals surface area contributed by atoms with E-state index >= 15 is 0 Å². The molecule has 0 aliphatic carbocycles. The van der Waals surface area contributed by atoms with Crippen LogP contribution < -0.4 is 0 Å². The standard InChI is InChI=1S/C28H46O2/c1-3-5-7-9-11-12-14-17-21-26(20-16-13-10-8-6-4-2)24-25-30-28(29)27-22-18-15-19-23-27/h15,18-19,21-23H,3-14,16-17,20,24-25H2,1-2H3/b26-21+. The first-order valence-electron chi connectivity index (χ1n) is 12.7. The van der Waals surface area contributed by atoms with Gasteiger partial charge in [-0.15, -0.1) is 0 Å². The number of carbonyl (C=O) groups excluding carboxylic acids is 1. The van der Waals surface area contributed by atoms with E-state index < -0.39 is 0 Å². The van der Waals surface area contributed by atoms with Crippen LogP contribution in [0.5, 0.6) is 0 Å². The van der Waals surface area contributed by atoms with Gasteiger partial charge >= 0.3 is 5.97 Å². The molecule has 30 heavy (non-hydrogen) atoms. The van der Waals surface area contributed by atoms with Crippen molar-refractivity contribution in [1.29, 1.82) is 0 Å². The van der Waals surface area contributed by atoms with Crippen LogP contribution >= 0.6 is 0 Å². The molecule has 0 atom stereocenters. The van der Waals surface area contributed by atoms with E-state index in [0.717, 1.165) is 12.8 Å². The number of rotatable bonds is 19. The van der Waals surface area contributed by atoms with Crippen LogP contribution in [0.4, 0.5) is 0 Å². The fourth-order valence-corrected chi connectivity index (χ4v) is 3.80. The molecule has 0 aliphatic heterocycles. The molecule has 0 aromatic heterocycles. The Labute approximate surface area is 186 Å². The lowest BCUT2D eigenvalue weighted by molar-refractivity contribution is 0.0508. The van der Waals surface area contributed by atoms with Gasteiger partial charge in [-0.3, -0.25) is 0 Å². The van der Waals surface area contributed by atoms with Crippen molar-refractivity contribution in [2.24, 2.45) is 0 Å². The zero-order chi connectivity index (χ0) is 21.7. The van der Waals surface area contributed by atoms with E-state index in [-0.39, 0.29) is 5.97 Å². The summed E-state index contributed by atoms with van der Waals surface area (Å²) in [7, 11) is 0. The third-order valence-electron chi connectivity index (χ3n) is 5.76. The van der Waals surface area contributed by atoms with Crippen molar-refractivity contribution < 1.29 is 9.53 Å². The molecule has 0 heterocycles. The third kappa shape index (κ3) is 14.4. The van der Waals surface area contributed by atoms with Crippen molar-refractivity contribution in [2.45, 2.75) is 117 Å². The van der Waals surface area contributed by atoms with Crippen LogP contribution in [-0.2, 0) is 4.74 Å². The van der Waals surface area contributed by atoms with Gasteiger partial charge < -0.3 is 4.74 Å². The molecule has 0 saturated heterocycles. The number of ether oxygens (including phenoxy) is 1. The Kier molecular flexibility index (Phi) is 17.1. The van der Waals surface area contributed by atoms with E-state index in [1.54, 1.807) is 0 Å². The third-order valence-corrected chi connectivity index (χ3v) is 5.76. The van der Waals surface area contributed by atoms with E-state index in [9.17, 15) is 4.79 Å². The van der Waals surface area contributed by atoms with Gasteiger partial charge in [-0.1, -0.05) is 114 Å². The van der Waals surface area contributed by atoms with Gasteiger partial charge in [0, 0.05) is 6.42 Å². The summed E-state index contributed by atoms with van der Waals surface area (Å²) in [5.74, 6) is -0.207. The van der Waals surface area contributed by atoms with Gasteiger partial charge in [0.25, 0.3) is 0 Å². The number of benzene rings is 1. The highest BCUT2D eigenvalue weighted by atomic mass is 16.5. The molecule has 0 amide bonds. The maximum atomic E-state index is 12.2. The van der Waals surface area contributed by atoms with Gasteiger partial charge in [-0.2, -0.15) is 0 Å². The van der Waals surface area contributed by atoms with Gasteiger partial charge in [0.1, 0.15) is 0 Å². The Bertz CT molecular complexity index is 547. The molecule has 0 fully saturated rings. The van der Waals surface area contributed by atoms with Crippen molar-refractivity contribution in [1.82, 2.24) is 0 Å². The number of unbranched alkanes of at least 4 members (excludes halogenated alkanes) is 12. The molecule has 0 aliphatic rings. The minimum absolute atomic E-state index is 0.207. The predicted octanol–water partition coefficient (Wildman–Crippen LogP) is 9.05. The smallest absolute Gasteiger partial charge is 0.338 e. The molecular weight excluding hydrogens is 368 g/mol. The molecule has 1 aromatic carbocycles. The Balaban J connectivity index is 2.32. The van der Waals surface area contributed by atoms with Crippen molar-refractivity contribution in [3.8, 4) is 0 Å². The van der Waals surface area contributed by atoms with Gasteiger partial charge in [0.05, 0.1) is 12.2 Å². The first-order chi connectivity index (χ1) is 14.8. The number of esters is 1. The van der Waals surface area contributed by atoms with Gasteiger partial charge in [0.15, 0.2) is 0 Å². The summed E-state index contributed by atoms with van der Waals surface area (Å²) in [5.41, 5.74) is 2.12. The van der Waals surface area contributed by atoms with Gasteiger partial charge in [0.2, 0.25) is 0 Å². The Hall–Kier alpha value is -1.57. The van der Waals surface area contributed by atoms with E-state index in [4.69, 9.17) is 4.74 Å². The molecule has 170 valence electrons. The zero-order valence-corrected chi connectivity index (χ0v) is 19.8. The van der Waals surface area contributed by atoms with Crippen molar-refractivity contribution >= 4 is 5.97 Å². The molecule has 0 spiro atoms. The fourth-order valence-electron chi connectivity index (χ4n) is 3.80. The van der Waals surface area contributed by atoms with Crippen LogP contribution in [0.2, 0.25) is 0 Å². The van der Waals surface area contributed by atoms with Gasteiger partial charge in [-0.05, 0) is 37.8 Å². The molecule has 0 unspecified atom stereocenters. The molecule has 1 rings (SSSR count). The maximum absolute atomic E-state index is 12.2. The second-order valence-corrected chi connectivity index (χ2v) is 8.54. The normalized spacial score (nSPS) is 11.6. The zero-order valence-electron chi connectivity index (χ0n) is 19.8. The van der Waals surface area contributed by atoms with Crippen molar-refractivity contribution in [2.75, 3.05) is 6.61 Å². The van der Waals surface area contributed by atoms with E-state index in [2.05, 4.69) is 19.9 Å². The summed E-state index contributed by atoms with van der Waals surface area (Å²) in [6, 6.07) is 9.30. The van der Waals surface area contributed by atoms with Crippen LogP contribution in [0.3, 0.4) is 0 Å². The van der Waals surface area contributed by atoms with Gasteiger partial charge in [-0.25, -0.2) is 4.79 Å². The number of hydrogen-bond donors (Lipinski definition) is 0. The molecular formula is C28H46O2. The Morgan fingerprint density at radius 3 is 1.93 bits per heavy atom. The van der Waals surface area contributed by atoms with E-state index in [1.807, 2.05) is 30.3 Å². The summed E-state index contributed by atoms with van der Waals surface area (Å²) in [4.78, 5) is 12.2. The Morgan fingerprint density at radius 2 is 1.30 bits per heavy atom. The lowest BCUT2D eigenvalue weighted by Gasteiger charge is -2.10. The molecule has 0 radical (unpaired) electrons. The molecule has 1 aromatic rings. The summed E-state index contributed by atoms with van der Waals surface area (Å²) < 4.78 is 5.52. The summed E-state index contributed by atoms with van der Waals surface area (Å²) in [6.07, 6.45) is 23.1. The molecule has 0 N–H and O–H groups in total. The van der Waals surface area contributed by atoms with E-state index in [0.29, 0.717) is 12.2 Å². The minimum atomic E-state index is -0.207. The van der Waals surface area contributed by atoms with E-state index in [1.165, 1.54) is 95.5 Å². The van der Waals surface area contributed by atoms with Crippen LogP contribution in [-0.4, -0.2) is 12.6 Å². The predicted molar refractivity (Wildman–Crippen MR) is 130 cm³/mol. The Morgan fingerprint density at radius 1 is 0.733 bits per heavy atom. The fraction of sp³-hybridized carbons (Fsp3) is 0.679. The highest BCUT2D eigenvalue weighted by molar-refractivity contribution is 5.89. The molecule has 2 heteroatoms. The lowest BCUT2D eigenvalue weighted by Crippen LogP contribution is -2.07. The van der Waals surface area contributed by atoms with Crippen LogP contribution in [0.25, 0.3) is 0 Å². The maximum Gasteiger partial charge on any atom is 0.338 e. The SMILES string of the molecule is CCCCCCCCC/C=C(\CCCCCCCC)CCOC(=O)c1ccccc1. The van der Waals surface area contributed by atoms with Crippen molar-refractivity contribution in [3.63, 3.8) is 0 Å². The summed E-state index contributed by atoms with van der Waals surface area (Å²) in [6.45, 7) is 5.03. The highest BCUT2D eigenvalue weighted by Crippen LogP contribution is 2.17. The number of hydrogen-bond acceptors (Lipinski definition) is 2. The highest BCUT2D eigenvalue weighted by Gasteiger charge is 2.07. The minimum Gasteiger partial charge on any atom is -0.462 e. The molecule has 2 nitrogen and oxygen atoms in total. The molecule has 0 bridgehead atoms. The summed E-state index contributed by atoms with van der Waals surface area (Å²) in [5, 5.41) is 0. The average molecular weight is 415 g/mol. The summed E-state index contributed by atoms with van der Waals surface area (Å²) >= 11 is 0.